The van der Waals surface area contributed by atoms with Crippen molar-refractivity contribution in [3.8, 4) is 0 Å². The van der Waals surface area contributed by atoms with Crippen molar-refractivity contribution < 1.29 is 14.0 Å². The number of carbonyl (C=O) groups is 2. The number of thioether (sulfide) groups is 1. The number of nitrogens with one attached hydrogen (secondary N) is 2. The Morgan fingerprint density at radius 1 is 1.13 bits per heavy atom. The molecule has 1 aromatic heterocycles. The van der Waals surface area contributed by atoms with E-state index in [9.17, 15) is 14.0 Å². The van der Waals surface area contributed by atoms with Crippen LogP contribution in [0, 0.1) is 5.82 Å². The van der Waals surface area contributed by atoms with Crippen LogP contribution in [0.2, 0.25) is 10.0 Å². The highest BCUT2D eigenvalue weighted by molar-refractivity contribution is 7.99. The molecule has 11 heteroatoms. The largest absolute Gasteiger partial charge is 0.345 e. The predicted octanol–water partition coefficient (Wildman–Crippen LogP) is 3.92. The van der Waals surface area contributed by atoms with E-state index in [1.807, 2.05) is 0 Å². The van der Waals surface area contributed by atoms with Crippen molar-refractivity contribution >= 4 is 52.5 Å². The Labute approximate surface area is 186 Å². The number of aromatic nitrogens is 3. The fourth-order valence-electron chi connectivity index (χ4n) is 2.42. The summed E-state index contributed by atoms with van der Waals surface area (Å²) in [5, 5.41) is 14.6. The van der Waals surface area contributed by atoms with Crippen LogP contribution in [0.3, 0.4) is 0 Å². The van der Waals surface area contributed by atoms with Crippen LogP contribution in [0.4, 0.5) is 10.1 Å². The molecule has 156 valence electrons. The second-order valence-electron chi connectivity index (χ2n) is 6.12. The smallest absolute Gasteiger partial charge is 0.251 e. The molecule has 0 aliphatic rings. The predicted molar refractivity (Wildman–Crippen MR) is 114 cm³/mol. The van der Waals surface area contributed by atoms with Gasteiger partial charge in [-0.2, -0.15) is 0 Å². The van der Waals surface area contributed by atoms with Crippen molar-refractivity contribution in [3.63, 3.8) is 0 Å². The van der Waals surface area contributed by atoms with Crippen LogP contribution in [0.25, 0.3) is 0 Å². The lowest BCUT2D eigenvalue weighted by Crippen LogP contribution is -2.24. The summed E-state index contributed by atoms with van der Waals surface area (Å²) in [4.78, 5) is 24.3. The molecule has 2 aromatic carbocycles. The number of rotatable bonds is 7. The van der Waals surface area contributed by atoms with Crippen molar-refractivity contribution in [2.24, 2.45) is 7.05 Å². The molecule has 1 heterocycles. The zero-order chi connectivity index (χ0) is 21.7. The molecule has 2 amide bonds. The number of halogens is 3. The number of hydrogen-bond acceptors (Lipinski definition) is 5. The second-order valence-corrected chi connectivity index (χ2v) is 7.87. The molecule has 0 spiro atoms. The minimum atomic E-state index is -0.429. The van der Waals surface area contributed by atoms with Crippen LogP contribution in [0.1, 0.15) is 16.2 Å². The maximum atomic E-state index is 13.2. The van der Waals surface area contributed by atoms with Gasteiger partial charge >= 0.3 is 0 Å². The second kappa shape index (κ2) is 9.92. The fraction of sp³-hybridized carbons (Fsp3) is 0.158. The first kappa shape index (κ1) is 22.1. The third kappa shape index (κ3) is 5.71. The van der Waals surface area contributed by atoms with Crippen molar-refractivity contribution in [1.82, 2.24) is 20.1 Å². The monoisotopic (exact) mass is 467 g/mol. The molecule has 0 aliphatic heterocycles. The molecule has 0 unspecified atom stereocenters. The molecule has 30 heavy (non-hydrogen) atoms. The molecule has 3 rings (SSSR count). The lowest BCUT2D eigenvalue weighted by atomic mass is 10.2. The summed E-state index contributed by atoms with van der Waals surface area (Å²) in [6.07, 6.45) is 0. The van der Waals surface area contributed by atoms with Gasteiger partial charge in [-0.1, -0.05) is 41.0 Å². The van der Waals surface area contributed by atoms with E-state index in [0.29, 0.717) is 27.3 Å². The van der Waals surface area contributed by atoms with Crippen molar-refractivity contribution in [2.75, 3.05) is 11.1 Å². The SMILES string of the molecule is Cn1c(CNC(=O)c2ccc(Cl)c(Cl)c2)nnc1SCC(=O)Nc1cccc(F)c1. The molecular formula is C19H16Cl2FN5O2S. The Hall–Kier alpha value is -2.62. The summed E-state index contributed by atoms with van der Waals surface area (Å²) in [5.74, 6) is -0.487. The summed E-state index contributed by atoms with van der Waals surface area (Å²) in [6.45, 7) is 0.138. The fourth-order valence-corrected chi connectivity index (χ4v) is 3.44. The molecule has 3 aromatic rings. The topological polar surface area (TPSA) is 88.9 Å². The van der Waals surface area contributed by atoms with Gasteiger partial charge in [-0.3, -0.25) is 9.59 Å². The number of amides is 2. The van der Waals surface area contributed by atoms with Gasteiger partial charge in [0.15, 0.2) is 11.0 Å². The average Bonchev–Trinajstić information content (AvgIpc) is 3.06. The van der Waals surface area contributed by atoms with E-state index in [4.69, 9.17) is 23.2 Å². The van der Waals surface area contributed by atoms with Crippen molar-refractivity contribution in [3.05, 3.63) is 69.7 Å². The average molecular weight is 468 g/mol. The Balaban J connectivity index is 1.53. The molecule has 0 bridgehead atoms. The Morgan fingerprint density at radius 2 is 1.93 bits per heavy atom. The molecule has 2 N–H and O–H groups in total. The number of carbonyl (C=O) groups excluding carboxylic acids is 2. The first-order valence-electron chi connectivity index (χ1n) is 8.63. The Kier molecular flexibility index (Phi) is 7.30. The zero-order valence-corrected chi connectivity index (χ0v) is 18.0. The summed E-state index contributed by atoms with van der Waals surface area (Å²) in [6, 6.07) is 10.2. The third-order valence-electron chi connectivity index (χ3n) is 3.95. The molecule has 0 saturated carbocycles. The number of nitrogens with zero attached hydrogens (tertiary/aromatic N) is 3. The van der Waals surface area contributed by atoms with Gasteiger partial charge in [0, 0.05) is 18.3 Å². The van der Waals surface area contributed by atoms with Gasteiger partial charge in [-0.15, -0.1) is 10.2 Å². The first-order chi connectivity index (χ1) is 14.3. The highest BCUT2D eigenvalue weighted by Crippen LogP contribution is 2.22. The summed E-state index contributed by atoms with van der Waals surface area (Å²) >= 11 is 13.0. The molecule has 0 radical (unpaired) electrons. The Bertz CT molecular complexity index is 1090. The van der Waals surface area contributed by atoms with Gasteiger partial charge in [0.1, 0.15) is 5.82 Å². The molecule has 0 atom stereocenters. The van der Waals surface area contributed by atoms with Crippen LogP contribution in [0.5, 0.6) is 0 Å². The van der Waals surface area contributed by atoms with E-state index in [0.717, 1.165) is 0 Å². The van der Waals surface area contributed by atoms with Gasteiger partial charge < -0.3 is 15.2 Å². The number of hydrogen-bond donors (Lipinski definition) is 2. The highest BCUT2D eigenvalue weighted by atomic mass is 35.5. The van der Waals surface area contributed by atoms with E-state index >= 15 is 0 Å². The van der Waals surface area contributed by atoms with Crippen LogP contribution in [-0.4, -0.2) is 32.3 Å². The maximum absolute atomic E-state index is 13.2. The summed E-state index contributed by atoms with van der Waals surface area (Å²) in [7, 11) is 1.73. The molecular weight excluding hydrogens is 452 g/mol. The first-order valence-corrected chi connectivity index (χ1v) is 10.4. The molecule has 0 aliphatic carbocycles. The third-order valence-corrected chi connectivity index (χ3v) is 5.71. The van der Waals surface area contributed by atoms with E-state index in [1.54, 1.807) is 29.8 Å². The lowest BCUT2D eigenvalue weighted by molar-refractivity contribution is -0.113. The van der Waals surface area contributed by atoms with Gasteiger partial charge in [0.05, 0.1) is 22.3 Å². The van der Waals surface area contributed by atoms with Crippen LogP contribution in [-0.2, 0) is 18.4 Å². The van der Waals surface area contributed by atoms with Crippen LogP contribution in [0.15, 0.2) is 47.6 Å². The molecule has 0 saturated heterocycles. The summed E-state index contributed by atoms with van der Waals surface area (Å²) < 4.78 is 14.9. The molecule has 0 fully saturated rings. The Morgan fingerprint density at radius 3 is 2.67 bits per heavy atom. The van der Waals surface area contributed by atoms with Gasteiger partial charge in [0.2, 0.25) is 5.91 Å². The number of anilines is 1. The van der Waals surface area contributed by atoms with Gasteiger partial charge in [0.25, 0.3) is 5.91 Å². The quantitative estimate of drug-likeness (QED) is 0.514. The standard InChI is InChI=1S/C19H16Cl2FN5O2S/c1-27-16(9-23-18(29)11-5-6-14(20)15(21)7-11)25-26-19(27)30-10-17(28)24-13-4-2-3-12(22)8-13/h2-8H,9-10H2,1H3,(H,23,29)(H,24,28). The zero-order valence-electron chi connectivity index (χ0n) is 15.7. The van der Waals surface area contributed by atoms with Crippen molar-refractivity contribution in [2.45, 2.75) is 11.7 Å². The van der Waals surface area contributed by atoms with Gasteiger partial charge in [-0.05, 0) is 36.4 Å². The minimum Gasteiger partial charge on any atom is -0.345 e. The van der Waals surface area contributed by atoms with E-state index < -0.39 is 5.82 Å². The van der Waals surface area contributed by atoms with E-state index in [1.165, 1.54) is 36.0 Å². The number of benzene rings is 2. The summed E-state index contributed by atoms with van der Waals surface area (Å²) in [5.41, 5.74) is 0.749. The minimum absolute atomic E-state index is 0.0676. The van der Waals surface area contributed by atoms with Crippen LogP contribution >= 0.6 is 35.0 Å². The highest BCUT2D eigenvalue weighted by Gasteiger charge is 2.14. The van der Waals surface area contributed by atoms with Crippen molar-refractivity contribution in [1.29, 1.82) is 0 Å². The van der Waals surface area contributed by atoms with Gasteiger partial charge in [-0.25, -0.2) is 4.39 Å². The lowest BCUT2D eigenvalue weighted by Gasteiger charge is -2.07. The molecule has 7 nitrogen and oxygen atoms in total. The van der Waals surface area contributed by atoms with E-state index in [2.05, 4.69) is 20.8 Å². The van der Waals surface area contributed by atoms with E-state index in [-0.39, 0.29) is 29.1 Å². The normalized spacial score (nSPS) is 10.7. The van der Waals surface area contributed by atoms with Crippen LogP contribution < -0.4 is 10.6 Å². The maximum Gasteiger partial charge on any atom is 0.251 e.